The molecule has 8 heteroatoms. The predicted octanol–water partition coefficient (Wildman–Crippen LogP) is 3.99. The zero-order chi connectivity index (χ0) is 19.2. The van der Waals surface area contributed by atoms with Gasteiger partial charge in [-0.15, -0.1) is 0 Å². The number of aliphatic imine (C=N–C) groups is 1. The van der Waals surface area contributed by atoms with Crippen molar-refractivity contribution in [1.82, 2.24) is 5.32 Å². The van der Waals surface area contributed by atoms with Gasteiger partial charge in [-0.05, 0) is 55.5 Å². The Morgan fingerprint density at radius 1 is 1.22 bits per heavy atom. The lowest BCUT2D eigenvalue weighted by Crippen LogP contribution is -2.28. The van der Waals surface area contributed by atoms with E-state index in [-0.39, 0.29) is 18.2 Å². The molecule has 0 unspecified atom stereocenters. The van der Waals surface area contributed by atoms with Gasteiger partial charge < -0.3 is 15.4 Å². The molecule has 27 heavy (non-hydrogen) atoms. The van der Waals surface area contributed by atoms with E-state index in [1.807, 2.05) is 6.92 Å². The van der Waals surface area contributed by atoms with Gasteiger partial charge in [-0.3, -0.25) is 9.59 Å². The number of nitrogens with zero attached hydrogens (tertiary/aromatic N) is 1. The summed E-state index contributed by atoms with van der Waals surface area (Å²) in [5, 5.41) is 6.06. The van der Waals surface area contributed by atoms with Gasteiger partial charge in [0.1, 0.15) is 11.0 Å². The molecule has 0 radical (unpaired) electrons. The first-order valence-corrected chi connectivity index (χ1v) is 9.64. The lowest BCUT2D eigenvalue weighted by atomic mass is 10.2. The van der Waals surface area contributed by atoms with Crippen LogP contribution in [0.4, 0.5) is 11.4 Å². The van der Waals surface area contributed by atoms with Crippen LogP contribution in [0.15, 0.2) is 53.5 Å². The van der Waals surface area contributed by atoms with Crippen molar-refractivity contribution in [3.8, 4) is 5.75 Å². The average molecular weight is 404 g/mol. The Hall–Kier alpha value is -2.51. The van der Waals surface area contributed by atoms with Gasteiger partial charge in [0.25, 0.3) is 0 Å². The Balaban J connectivity index is 1.56. The smallest absolute Gasteiger partial charge is 0.240 e. The number of halogens is 1. The standard InChI is InChI=1S/C19H18ClN3O3S/c1-2-26-15-9-7-13(8-10-15)21-17(24)11-16-18(25)23-19(27-16)22-14-5-3-12(20)4-6-14/h3-10,16H,2,11H2,1H3,(H,21,24)(H,22,23,25)/t16-/m0/s1. The van der Waals surface area contributed by atoms with Gasteiger partial charge in [-0.2, -0.15) is 0 Å². The summed E-state index contributed by atoms with van der Waals surface area (Å²) in [4.78, 5) is 28.7. The Bertz CT molecular complexity index is 854. The highest BCUT2D eigenvalue weighted by molar-refractivity contribution is 8.15. The van der Waals surface area contributed by atoms with Crippen molar-refractivity contribution in [2.24, 2.45) is 4.99 Å². The van der Waals surface area contributed by atoms with E-state index in [1.54, 1.807) is 48.5 Å². The van der Waals surface area contributed by atoms with Crippen molar-refractivity contribution in [2.45, 2.75) is 18.6 Å². The summed E-state index contributed by atoms with van der Waals surface area (Å²) in [7, 11) is 0. The van der Waals surface area contributed by atoms with Crippen LogP contribution in [0.2, 0.25) is 5.02 Å². The third kappa shape index (κ3) is 5.48. The van der Waals surface area contributed by atoms with Crippen LogP contribution in [0.1, 0.15) is 13.3 Å². The number of anilines is 1. The zero-order valence-electron chi connectivity index (χ0n) is 14.6. The second-order valence-corrected chi connectivity index (χ2v) is 7.33. The van der Waals surface area contributed by atoms with Crippen LogP contribution in [0.5, 0.6) is 5.75 Å². The maximum Gasteiger partial charge on any atom is 0.240 e. The molecule has 6 nitrogen and oxygen atoms in total. The molecule has 1 heterocycles. The highest BCUT2D eigenvalue weighted by Gasteiger charge is 2.32. The summed E-state index contributed by atoms with van der Waals surface area (Å²) in [6, 6.07) is 14.1. The SMILES string of the molecule is CCOc1ccc(NC(=O)C[C@@H]2SC(=Nc3ccc(Cl)cc3)NC2=O)cc1. The molecule has 3 rings (SSSR count). The average Bonchev–Trinajstić information content (AvgIpc) is 2.98. The lowest BCUT2D eigenvalue weighted by molar-refractivity contribution is -0.122. The molecule has 0 aromatic heterocycles. The van der Waals surface area contributed by atoms with Gasteiger partial charge in [-0.1, -0.05) is 23.4 Å². The molecule has 0 spiro atoms. The number of nitrogens with one attached hydrogen (secondary N) is 2. The van der Waals surface area contributed by atoms with E-state index in [2.05, 4.69) is 15.6 Å². The highest BCUT2D eigenvalue weighted by Crippen LogP contribution is 2.26. The molecule has 2 N–H and O–H groups in total. The molecule has 140 valence electrons. The number of hydrogen-bond acceptors (Lipinski definition) is 5. The summed E-state index contributed by atoms with van der Waals surface area (Å²) >= 11 is 7.09. The van der Waals surface area contributed by atoms with Crippen LogP contribution >= 0.6 is 23.4 Å². The monoisotopic (exact) mass is 403 g/mol. The van der Waals surface area contributed by atoms with Crippen LogP contribution in [-0.2, 0) is 9.59 Å². The van der Waals surface area contributed by atoms with Gasteiger partial charge >= 0.3 is 0 Å². The fourth-order valence-electron chi connectivity index (χ4n) is 2.41. The minimum atomic E-state index is -0.515. The number of rotatable bonds is 6. The van der Waals surface area contributed by atoms with Crippen LogP contribution < -0.4 is 15.4 Å². The van der Waals surface area contributed by atoms with E-state index in [9.17, 15) is 9.59 Å². The third-order valence-corrected chi connectivity index (χ3v) is 4.99. The second-order valence-electron chi connectivity index (χ2n) is 5.70. The van der Waals surface area contributed by atoms with E-state index < -0.39 is 5.25 Å². The van der Waals surface area contributed by atoms with Gasteiger partial charge in [0, 0.05) is 17.1 Å². The molecule has 1 fully saturated rings. The van der Waals surface area contributed by atoms with E-state index >= 15 is 0 Å². The minimum absolute atomic E-state index is 0.0589. The van der Waals surface area contributed by atoms with Crippen molar-refractivity contribution < 1.29 is 14.3 Å². The maximum atomic E-state index is 12.2. The van der Waals surface area contributed by atoms with Gasteiger partial charge in [0.15, 0.2) is 5.17 Å². The Labute approximate surface area is 166 Å². The molecule has 1 aliphatic rings. The van der Waals surface area contributed by atoms with Crippen molar-refractivity contribution in [3.63, 3.8) is 0 Å². The second kappa shape index (κ2) is 8.92. The van der Waals surface area contributed by atoms with Crippen molar-refractivity contribution >= 4 is 51.7 Å². The molecule has 2 amide bonds. The summed E-state index contributed by atoms with van der Waals surface area (Å²) in [6.45, 7) is 2.49. The van der Waals surface area contributed by atoms with E-state index in [4.69, 9.17) is 16.3 Å². The number of carbonyl (C=O) groups is 2. The minimum Gasteiger partial charge on any atom is -0.494 e. The largest absolute Gasteiger partial charge is 0.494 e. The summed E-state index contributed by atoms with van der Waals surface area (Å²) in [5.41, 5.74) is 1.34. The summed E-state index contributed by atoms with van der Waals surface area (Å²) < 4.78 is 5.37. The van der Waals surface area contributed by atoms with Gasteiger partial charge in [0.05, 0.1) is 12.3 Å². The highest BCUT2D eigenvalue weighted by atomic mass is 35.5. The number of ether oxygens (including phenoxy) is 1. The topological polar surface area (TPSA) is 79.8 Å². The number of benzene rings is 2. The van der Waals surface area contributed by atoms with Crippen molar-refractivity contribution in [1.29, 1.82) is 0 Å². The molecule has 0 saturated carbocycles. The Morgan fingerprint density at radius 3 is 2.59 bits per heavy atom. The van der Waals surface area contributed by atoms with Gasteiger partial charge in [0.2, 0.25) is 11.8 Å². The summed E-state index contributed by atoms with van der Waals surface area (Å²) in [6.07, 6.45) is 0.0589. The summed E-state index contributed by atoms with van der Waals surface area (Å²) in [5.74, 6) is 0.276. The maximum absolute atomic E-state index is 12.2. The quantitative estimate of drug-likeness (QED) is 0.764. The Kier molecular flexibility index (Phi) is 6.36. The molecular formula is C19H18ClN3O3S. The third-order valence-electron chi connectivity index (χ3n) is 3.65. The molecule has 2 aromatic rings. The van der Waals surface area contributed by atoms with Crippen LogP contribution in [0.3, 0.4) is 0 Å². The number of thioether (sulfide) groups is 1. The fourth-order valence-corrected chi connectivity index (χ4v) is 3.52. The molecule has 1 aliphatic heterocycles. The lowest BCUT2D eigenvalue weighted by Gasteiger charge is -2.08. The molecule has 0 aliphatic carbocycles. The van der Waals surface area contributed by atoms with Crippen LogP contribution in [0, 0.1) is 0 Å². The number of carbonyl (C=O) groups excluding carboxylic acids is 2. The predicted molar refractivity (Wildman–Crippen MR) is 109 cm³/mol. The fraction of sp³-hybridized carbons (Fsp3) is 0.211. The number of hydrogen-bond donors (Lipinski definition) is 2. The van der Waals surface area contributed by atoms with Crippen molar-refractivity contribution in [2.75, 3.05) is 11.9 Å². The molecule has 0 bridgehead atoms. The Morgan fingerprint density at radius 2 is 1.93 bits per heavy atom. The van der Waals surface area contributed by atoms with Crippen LogP contribution in [-0.4, -0.2) is 28.8 Å². The van der Waals surface area contributed by atoms with E-state index in [1.165, 1.54) is 11.8 Å². The van der Waals surface area contributed by atoms with E-state index in [0.29, 0.717) is 28.2 Å². The first-order chi connectivity index (χ1) is 13.0. The molecule has 2 aromatic carbocycles. The van der Waals surface area contributed by atoms with Gasteiger partial charge in [-0.25, -0.2) is 4.99 Å². The zero-order valence-corrected chi connectivity index (χ0v) is 16.1. The normalized spacial score (nSPS) is 17.6. The number of amides is 2. The number of amidine groups is 1. The van der Waals surface area contributed by atoms with E-state index in [0.717, 1.165) is 5.75 Å². The first-order valence-electron chi connectivity index (χ1n) is 8.38. The molecule has 1 saturated heterocycles. The van der Waals surface area contributed by atoms with Crippen LogP contribution in [0.25, 0.3) is 0 Å². The first kappa shape index (κ1) is 19.3. The van der Waals surface area contributed by atoms with Crippen molar-refractivity contribution in [3.05, 3.63) is 53.6 Å². The molecular weight excluding hydrogens is 386 g/mol. The molecule has 1 atom stereocenters.